The molecule has 92 valence electrons. The molecule has 0 spiro atoms. The maximum Gasteiger partial charge on any atom is 0.0771 e. The molecule has 1 atom stereocenters. The van der Waals surface area contributed by atoms with E-state index in [1.165, 1.54) is 6.42 Å². The fourth-order valence-electron chi connectivity index (χ4n) is 1.93. The molecule has 0 saturated carbocycles. The van der Waals surface area contributed by atoms with E-state index in [0.29, 0.717) is 5.92 Å². The summed E-state index contributed by atoms with van der Waals surface area (Å²) in [6, 6.07) is 0. The molecule has 0 saturated heterocycles. The Morgan fingerprint density at radius 2 is 1.67 bits per heavy atom. The maximum absolute atomic E-state index is 10.3. The van der Waals surface area contributed by atoms with E-state index in [2.05, 4.69) is 33.0 Å². The Morgan fingerprint density at radius 1 is 1.13 bits per heavy atom. The first-order valence-corrected chi connectivity index (χ1v) is 6.51. The average molecular weight is 215 g/mol. The van der Waals surface area contributed by atoms with Gasteiger partial charge in [0.05, 0.1) is 5.60 Å². The van der Waals surface area contributed by atoms with E-state index < -0.39 is 5.60 Å². The summed E-state index contributed by atoms with van der Waals surface area (Å²) >= 11 is 0. The maximum atomic E-state index is 10.3. The van der Waals surface area contributed by atoms with Crippen molar-refractivity contribution in [3.05, 3.63) is 0 Å². The van der Waals surface area contributed by atoms with Crippen LogP contribution in [0, 0.1) is 5.92 Å². The van der Waals surface area contributed by atoms with E-state index in [4.69, 9.17) is 0 Å². The number of hydrogen-bond donors (Lipinski definition) is 2. The Kier molecular flexibility index (Phi) is 8.07. The lowest BCUT2D eigenvalue weighted by atomic mass is 9.92. The lowest BCUT2D eigenvalue weighted by molar-refractivity contribution is 0.0212. The number of hydrogen-bond acceptors (Lipinski definition) is 2. The van der Waals surface area contributed by atoms with E-state index >= 15 is 0 Å². The number of aliphatic hydroxyl groups is 1. The van der Waals surface area contributed by atoms with E-state index in [9.17, 15) is 5.11 Å². The Balaban J connectivity index is 3.84. The second-order valence-corrected chi connectivity index (χ2v) is 4.87. The first-order valence-electron chi connectivity index (χ1n) is 6.51. The van der Waals surface area contributed by atoms with Crippen LogP contribution < -0.4 is 5.32 Å². The second-order valence-electron chi connectivity index (χ2n) is 4.87. The van der Waals surface area contributed by atoms with E-state index in [1.54, 1.807) is 0 Å². The van der Waals surface area contributed by atoms with Crippen molar-refractivity contribution in [3.63, 3.8) is 0 Å². The molecule has 0 radical (unpaired) electrons. The van der Waals surface area contributed by atoms with Crippen molar-refractivity contribution in [1.82, 2.24) is 5.32 Å². The highest BCUT2D eigenvalue weighted by Crippen LogP contribution is 2.18. The van der Waals surface area contributed by atoms with E-state index in [-0.39, 0.29) is 0 Å². The van der Waals surface area contributed by atoms with Crippen LogP contribution in [0.4, 0.5) is 0 Å². The summed E-state index contributed by atoms with van der Waals surface area (Å²) in [7, 11) is 0. The quantitative estimate of drug-likeness (QED) is 0.620. The molecule has 0 bridgehead atoms. The van der Waals surface area contributed by atoms with Crippen LogP contribution in [-0.4, -0.2) is 23.8 Å². The lowest BCUT2D eigenvalue weighted by Gasteiger charge is -2.28. The summed E-state index contributed by atoms with van der Waals surface area (Å²) in [6.07, 6.45) is 5.14. The average Bonchev–Trinajstić information content (AvgIpc) is 2.18. The number of nitrogens with one attached hydrogen (secondary N) is 1. The highest BCUT2D eigenvalue weighted by Gasteiger charge is 2.24. The third-order valence-corrected chi connectivity index (χ3v) is 3.07. The van der Waals surface area contributed by atoms with E-state index in [1.807, 2.05) is 0 Å². The molecule has 0 heterocycles. The predicted octanol–water partition coefficient (Wildman–Crippen LogP) is 2.95. The first-order chi connectivity index (χ1) is 7.08. The molecule has 0 aromatic rings. The standard InChI is InChI=1S/C13H29NO/c1-5-8-13(15,9-6-2)11-14-10-12(4)7-3/h12,14-15H,5-11H2,1-4H3. The summed E-state index contributed by atoms with van der Waals surface area (Å²) in [5.74, 6) is 0.706. The molecule has 1 unspecified atom stereocenters. The van der Waals surface area contributed by atoms with Crippen molar-refractivity contribution in [2.24, 2.45) is 5.92 Å². The van der Waals surface area contributed by atoms with Crippen LogP contribution in [0.25, 0.3) is 0 Å². The van der Waals surface area contributed by atoms with E-state index in [0.717, 1.165) is 38.8 Å². The van der Waals surface area contributed by atoms with Crippen molar-refractivity contribution in [1.29, 1.82) is 0 Å². The fourth-order valence-corrected chi connectivity index (χ4v) is 1.93. The Hall–Kier alpha value is -0.0800. The molecule has 0 amide bonds. The molecule has 15 heavy (non-hydrogen) atoms. The van der Waals surface area contributed by atoms with Crippen LogP contribution in [0.15, 0.2) is 0 Å². The molecule has 2 nitrogen and oxygen atoms in total. The van der Waals surface area contributed by atoms with Gasteiger partial charge in [0.15, 0.2) is 0 Å². The molecule has 0 rings (SSSR count). The second kappa shape index (κ2) is 8.12. The molecule has 2 N–H and O–H groups in total. The summed E-state index contributed by atoms with van der Waals surface area (Å²) in [5.41, 5.74) is -0.475. The van der Waals surface area contributed by atoms with Crippen LogP contribution >= 0.6 is 0 Å². The molecule has 0 aliphatic heterocycles. The minimum Gasteiger partial charge on any atom is -0.389 e. The molecular formula is C13H29NO. The zero-order valence-corrected chi connectivity index (χ0v) is 11.0. The normalized spacial score (nSPS) is 14.2. The van der Waals surface area contributed by atoms with Crippen LogP contribution in [-0.2, 0) is 0 Å². The SMILES string of the molecule is CCCC(O)(CCC)CNCC(C)CC. The van der Waals surface area contributed by atoms with Crippen LogP contribution in [0.3, 0.4) is 0 Å². The van der Waals surface area contributed by atoms with Crippen molar-refractivity contribution >= 4 is 0 Å². The molecular weight excluding hydrogens is 186 g/mol. The van der Waals surface area contributed by atoms with Gasteiger partial charge in [-0.05, 0) is 25.3 Å². The minimum atomic E-state index is -0.475. The molecule has 0 aliphatic rings. The summed E-state index contributed by atoms with van der Waals surface area (Å²) in [5, 5.41) is 13.7. The van der Waals surface area contributed by atoms with Gasteiger partial charge in [-0.2, -0.15) is 0 Å². The van der Waals surface area contributed by atoms with Gasteiger partial charge >= 0.3 is 0 Å². The lowest BCUT2D eigenvalue weighted by Crippen LogP contribution is -2.41. The topological polar surface area (TPSA) is 32.3 Å². The number of rotatable bonds is 9. The molecule has 2 heteroatoms. The van der Waals surface area contributed by atoms with Crippen LogP contribution in [0.2, 0.25) is 0 Å². The predicted molar refractivity (Wildman–Crippen MR) is 67.1 cm³/mol. The first kappa shape index (κ1) is 14.9. The van der Waals surface area contributed by atoms with Crippen LogP contribution in [0.5, 0.6) is 0 Å². The summed E-state index contributed by atoms with van der Waals surface area (Å²) in [4.78, 5) is 0. The van der Waals surface area contributed by atoms with Crippen molar-refractivity contribution in [3.8, 4) is 0 Å². The molecule has 0 fully saturated rings. The highest BCUT2D eigenvalue weighted by atomic mass is 16.3. The highest BCUT2D eigenvalue weighted by molar-refractivity contribution is 4.80. The van der Waals surface area contributed by atoms with Gasteiger partial charge in [0.2, 0.25) is 0 Å². The van der Waals surface area contributed by atoms with Gasteiger partial charge < -0.3 is 10.4 Å². The zero-order valence-electron chi connectivity index (χ0n) is 11.0. The smallest absolute Gasteiger partial charge is 0.0771 e. The van der Waals surface area contributed by atoms with Crippen molar-refractivity contribution in [2.75, 3.05) is 13.1 Å². The summed E-state index contributed by atoms with van der Waals surface area (Å²) < 4.78 is 0. The third kappa shape index (κ3) is 6.91. The van der Waals surface area contributed by atoms with Gasteiger partial charge in [-0.1, -0.05) is 47.0 Å². The van der Waals surface area contributed by atoms with Gasteiger partial charge in [0.25, 0.3) is 0 Å². The zero-order chi connectivity index (χ0) is 11.7. The third-order valence-electron chi connectivity index (χ3n) is 3.07. The molecule has 0 aromatic heterocycles. The Morgan fingerprint density at radius 3 is 2.07 bits per heavy atom. The van der Waals surface area contributed by atoms with Crippen molar-refractivity contribution in [2.45, 2.75) is 65.4 Å². The van der Waals surface area contributed by atoms with Gasteiger partial charge in [-0.3, -0.25) is 0 Å². The monoisotopic (exact) mass is 215 g/mol. The molecule has 0 aliphatic carbocycles. The molecule has 0 aromatic carbocycles. The Labute approximate surface area is 95.5 Å². The van der Waals surface area contributed by atoms with Crippen molar-refractivity contribution < 1.29 is 5.11 Å². The van der Waals surface area contributed by atoms with Gasteiger partial charge in [0, 0.05) is 6.54 Å². The van der Waals surface area contributed by atoms with Crippen LogP contribution in [0.1, 0.15) is 59.8 Å². The largest absolute Gasteiger partial charge is 0.389 e. The summed E-state index contributed by atoms with van der Waals surface area (Å²) in [6.45, 7) is 10.5. The Bertz CT molecular complexity index is 141. The van der Waals surface area contributed by atoms with Gasteiger partial charge in [0.1, 0.15) is 0 Å². The minimum absolute atomic E-state index is 0.475. The fraction of sp³-hybridized carbons (Fsp3) is 1.00. The van der Waals surface area contributed by atoms with Gasteiger partial charge in [-0.25, -0.2) is 0 Å². The van der Waals surface area contributed by atoms with Gasteiger partial charge in [-0.15, -0.1) is 0 Å².